The topological polar surface area (TPSA) is 145 Å². The Bertz CT molecular complexity index is 2580. The number of fused-ring (bicyclic) bond motifs is 8. The highest BCUT2D eigenvalue weighted by atomic mass is 16.8. The van der Waals surface area contributed by atoms with Crippen LogP contribution in [0.1, 0.15) is 166 Å². The van der Waals surface area contributed by atoms with E-state index in [9.17, 15) is 0 Å². The zero-order valence-corrected chi connectivity index (χ0v) is 52.5. The molecule has 9 aliphatic rings. The number of carbonyl (C=O) groups excluding carboxylic acids is 1. The molecule has 456 valence electrons. The molecular formula is C69H103NO12. The van der Waals surface area contributed by atoms with Gasteiger partial charge in [-0.1, -0.05) is 148 Å². The van der Waals surface area contributed by atoms with E-state index in [1.165, 1.54) is 31.3 Å². The highest BCUT2D eigenvalue weighted by molar-refractivity contribution is 5.80. The molecular weight excluding hydrogens is 1030 g/mol. The summed E-state index contributed by atoms with van der Waals surface area (Å²) in [4.78, 5) is 16.3. The fourth-order valence-corrected chi connectivity index (χ4v) is 18.6. The lowest BCUT2D eigenvalue weighted by Gasteiger charge is -2.72. The van der Waals surface area contributed by atoms with Crippen molar-refractivity contribution in [2.75, 3.05) is 20.3 Å². The van der Waals surface area contributed by atoms with E-state index in [1.807, 2.05) is 76.4 Å². The summed E-state index contributed by atoms with van der Waals surface area (Å²) >= 11 is 0. The lowest BCUT2D eigenvalue weighted by molar-refractivity contribution is -0.352. The van der Waals surface area contributed by atoms with Gasteiger partial charge in [0.25, 0.3) is 0 Å². The van der Waals surface area contributed by atoms with Crippen LogP contribution in [0.3, 0.4) is 0 Å². The Labute approximate surface area is 491 Å². The number of carbonyl (C=O) groups is 1. The summed E-state index contributed by atoms with van der Waals surface area (Å²) in [6.45, 7) is 33.8. The minimum Gasteiger partial charge on any atom is -0.432 e. The second-order valence-electron chi connectivity index (χ2n) is 30.1. The predicted octanol–water partition coefficient (Wildman–Crippen LogP) is 12.7. The predicted molar refractivity (Wildman–Crippen MR) is 313 cm³/mol. The van der Waals surface area contributed by atoms with Crippen LogP contribution in [0.5, 0.6) is 0 Å². The van der Waals surface area contributed by atoms with Gasteiger partial charge in [0.2, 0.25) is 6.29 Å². The summed E-state index contributed by atoms with van der Waals surface area (Å²) in [6, 6.07) is 19.8. The third kappa shape index (κ3) is 10.5. The van der Waals surface area contributed by atoms with E-state index in [2.05, 4.69) is 94.4 Å². The normalized spacial score (nSPS) is 46.4. The van der Waals surface area contributed by atoms with Crippen LogP contribution in [0.4, 0.5) is 0 Å². The summed E-state index contributed by atoms with van der Waals surface area (Å²) in [7, 11) is 1.82. The summed E-state index contributed by atoms with van der Waals surface area (Å²) in [6.07, 6.45) is 4.69. The number of nitrogens with two attached hydrogens (primary N) is 1. The Kier molecular flexibility index (Phi) is 16.9. The molecule has 4 saturated carbocycles. The summed E-state index contributed by atoms with van der Waals surface area (Å²) in [5, 5.41) is 0. The van der Waals surface area contributed by atoms with Crippen LogP contribution in [-0.2, 0) is 70.1 Å². The largest absolute Gasteiger partial charge is 0.432 e. The number of allylic oxidation sites excluding steroid dienone is 2. The van der Waals surface area contributed by atoms with E-state index in [4.69, 9.17) is 57.8 Å². The molecule has 8 fully saturated rings. The molecule has 4 aliphatic heterocycles. The first-order valence-corrected chi connectivity index (χ1v) is 31.8. The molecule has 5 aliphatic carbocycles. The van der Waals surface area contributed by atoms with Gasteiger partial charge in [0.05, 0.1) is 44.7 Å². The molecule has 2 aromatic rings. The van der Waals surface area contributed by atoms with Crippen molar-refractivity contribution >= 4 is 5.97 Å². The number of esters is 1. The summed E-state index contributed by atoms with van der Waals surface area (Å²) in [5.41, 5.74) is 10.2. The van der Waals surface area contributed by atoms with E-state index in [0.29, 0.717) is 44.0 Å². The Morgan fingerprint density at radius 1 is 0.695 bits per heavy atom. The maximum atomic E-state index is 16.3. The molecule has 23 atom stereocenters. The highest BCUT2D eigenvalue weighted by Crippen LogP contribution is 2.76. The van der Waals surface area contributed by atoms with Crippen LogP contribution in [-0.4, -0.2) is 106 Å². The van der Waals surface area contributed by atoms with Crippen molar-refractivity contribution in [1.82, 2.24) is 0 Å². The summed E-state index contributed by atoms with van der Waals surface area (Å²) in [5.74, 6) is 0.290. The van der Waals surface area contributed by atoms with Gasteiger partial charge in [-0.05, 0) is 146 Å². The van der Waals surface area contributed by atoms with E-state index >= 15 is 4.79 Å². The molecule has 11 rings (SSSR count). The van der Waals surface area contributed by atoms with Crippen molar-refractivity contribution in [2.24, 2.45) is 79.6 Å². The van der Waals surface area contributed by atoms with Crippen molar-refractivity contribution in [1.29, 1.82) is 0 Å². The molecule has 2 N–H and O–H groups in total. The van der Waals surface area contributed by atoms with Gasteiger partial charge < -0.3 is 57.8 Å². The first kappa shape index (κ1) is 60.9. The second kappa shape index (κ2) is 22.7. The van der Waals surface area contributed by atoms with Crippen molar-refractivity contribution < 1.29 is 56.9 Å². The molecule has 4 saturated heterocycles. The van der Waals surface area contributed by atoms with Gasteiger partial charge >= 0.3 is 5.97 Å². The second-order valence-corrected chi connectivity index (χ2v) is 30.1. The number of benzene rings is 2. The van der Waals surface area contributed by atoms with Crippen molar-refractivity contribution in [2.45, 2.75) is 247 Å². The molecule has 0 bridgehead atoms. The minimum atomic E-state index is -1.17. The van der Waals surface area contributed by atoms with Crippen molar-refractivity contribution in [3.05, 3.63) is 83.4 Å². The molecule has 2 aromatic carbocycles. The average molecular weight is 1140 g/mol. The number of ether oxygens (including phenoxy) is 11. The van der Waals surface area contributed by atoms with Gasteiger partial charge in [0.15, 0.2) is 18.4 Å². The monoisotopic (exact) mass is 1140 g/mol. The molecule has 13 unspecified atom stereocenters. The maximum Gasteiger partial charge on any atom is 0.317 e. The van der Waals surface area contributed by atoms with Gasteiger partial charge in [0, 0.05) is 25.0 Å². The molecule has 13 nitrogen and oxygen atoms in total. The molecule has 0 radical (unpaired) electrons. The molecule has 82 heavy (non-hydrogen) atoms. The number of rotatable bonds is 14. The minimum absolute atomic E-state index is 0.00209. The van der Waals surface area contributed by atoms with E-state index in [0.717, 1.165) is 36.8 Å². The smallest absolute Gasteiger partial charge is 0.317 e. The molecule has 4 heterocycles. The Balaban J connectivity index is 0.872. The zero-order chi connectivity index (χ0) is 58.5. The van der Waals surface area contributed by atoms with Gasteiger partial charge in [0.1, 0.15) is 35.9 Å². The lowest BCUT2D eigenvalue weighted by Crippen LogP contribution is -2.68. The van der Waals surface area contributed by atoms with Crippen molar-refractivity contribution in [3.8, 4) is 0 Å². The van der Waals surface area contributed by atoms with Crippen molar-refractivity contribution in [3.63, 3.8) is 0 Å². The highest BCUT2D eigenvalue weighted by Gasteiger charge is 2.72. The number of methoxy groups -OCH3 is 1. The quantitative estimate of drug-likeness (QED) is 0.142. The fourth-order valence-electron chi connectivity index (χ4n) is 18.6. The molecule has 13 heteroatoms. The van der Waals surface area contributed by atoms with Crippen LogP contribution in [0.25, 0.3) is 0 Å². The van der Waals surface area contributed by atoms with Crippen LogP contribution in [0, 0.1) is 73.9 Å². The standard InChI is InChI=1S/C69H103NO12/c1-40-28-30-66(12)51(64(40,8)9)29-31-67(13)52(66)27-26-47-48-34-63(6,7)32-33-69(48,53(72-15)35-68(47,67)14)62(71)80-60-55(43(4)54(70)50(77-60)38-73-36-45-22-18-16-19-23-45)78-61-58-57(81-65(10,11)82-58)56(44(5)76-61)79-59-42(3)41(2)49(39-75-59)74-37-46-24-20-17-21-25-46/h16-26,40-44,48-61H,27-39,70H2,1-15H3/t40-,41?,42?,43?,44+,48?,49?,50-,51-,52?,53?,54?,55?,56?,57?,58?,59-,60-,61-,66?,67-,68+,69+/m0/s1. The van der Waals surface area contributed by atoms with E-state index in [-0.39, 0.29) is 69.4 Å². The van der Waals surface area contributed by atoms with Crippen LogP contribution < -0.4 is 5.73 Å². The van der Waals surface area contributed by atoms with Gasteiger partial charge in [-0.15, -0.1) is 0 Å². The SMILES string of the molecule is COC1C[C@]2(C)C(=CCC3C4(C)CC[C@H](C)C(C)(C)[C@@H]4CC[C@@]32C)C2CC(C)(C)CC[C@]12C(=O)O[C@@H]1O[C@@H](COCc2ccccc2)C(N)C(C)C1O[C@@H]1O[C@H](C)C(O[C@@H]2OCC(OCc3ccccc3)C(C)C2C)C2OC(C)(C)OC21. The van der Waals surface area contributed by atoms with Crippen LogP contribution in [0.15, 0.2) is 72.3 Å². The average Bonchev–Trinajstić information content (AvgIpc) is 0.843. The first-order chi connectivity index (χ1) is 38.8. The zero-order valence-electron chi connectivity index (χ0n) is 52.5. The molecule has 0 aromatic heterocycles. The number of hydrogen-bond donors (Lipinski definition) is 1. The van der Waals surface area contributed by atoms with E-state index < -0.39 is 78.8 Å². The van der Waals surface area contributed by atoms with E-state index in [1.54, 1.807) is 0 Å². The van der Waals surface area contributed by atoms with Crippen LogP contribution in [0.2, 0.25) is 0 Å². The first-order valence-electron chi connectivity index (χ1n) is 31.8. The number of hydrogen-bond acceptors (Lipinski definition) is 13. The fraction of sp³-hybridized carbons (Fsp3) is 0.783. The summed E-state index contributed by atoms with van der Waals surface area (Å²) < 4.78 is 74.8. The third-order valence-electron chi connectivity index (χ3n) is 24.3. The Morgan fingerprint density at radius 3 is 2.06 bits per heavy atom. The van der Waals surface area contributed by atoms with Gasteiger partial charge in [-0.2, -0.15) is 0 Å². The third-order valence-corrected chi connectivity index (χ3v) is 24.3. The van der Waals surface area contributed by atoms with Gasteiger partial charge in [-0.3, -0.25) is 4.79 Å². The molecule has 0 spiro atoms. The van der Waals surface area contributed by atoms with Gasteiger partial charge in [-0.25, -0.2) is 0 Å². The van der Waals surface area contributed by atoms with Crippen LogP contribution >= 0.6 is 0 Å². The Hall–Kier alpha value is -2.79. The maximum absolute atomic E-state index is 16.3. The Morgan fingerprint density at radius 2 is 1.37 bits per heavy atom. The molecule has 0 amide bonds. The lowest BCUT2D eigenvalue weighted by atomic mass is 9.33.